The molecule has 1 amide bonds. The van der Waals surface area contributed by atoms with E-state index < -0.39 is 29.0 Å². The molecule has 1 aromatic rings. The van der Waals surface area contributed by atoms with Crippen LogP contribution in [0.4, 0.5) is 18.9 Å². The normalized spacial score (nSPS) is 15.3. The van der Waals surface area contributed by atoms with E-state index in [1.54, 1.807) is 7.05 Å². The van der Waals surface area contributed by atoms with Gasteiger partial charge in [0.25, 0.3) is 0 Å². The maximum atomic E-state index is 13.6. The molecule has 1 saturated heterocycles. The van der Waals surface area contributed by atoms with Crippen molar-refractivity contribution in [3.8, 4) is 0 Å². The lowest BCUT2D eigenvalue weighted by Crippen LogP contribution is -2.48. The number of halogens is 4. The largest absolute Gasteiger partial charge is 0.378 e. The maximum Gasteiger partial charge on any atom is 0.243 e. The predicted molar refractivity (Wildman–Crippen MR) is 108 cm³/mol. The van der Waals surface area contributed by atoms with Gasteiger partial charge < -0.3 is 20.3 Å². The molecule has 0 unspecified atom stereocenters. The first-order valence-corrected chi connectivity index (χ1v) is 8.46. The van der Waals surface area contributed by atoms with Crippen molar-refractivity contribution in [1.82, 2.24) is 10.2 Å². The molecule has 1 aromatic carbocycles. The number of benzene rings is 1. The van der Waals surface area contributed by atoms with E-state index in [1.165, 1.54) is 0 Å². The highest BCUT2D eigenvalue weighted by Crippen LogP contribution is 2.19. The summed E-state index contributed by atoms with van der Waals surface area (Å²) in [5.41, 5.74) is -0.414. The van der Waals surface area contributed by atoms with Crippen LogP contribution in [0.15, 0.2) is 17.1 Å². The molecule has 1 fully saturated rings. The van der Waals surface area contributed by atoms with Gasteiger partial charge >= 0.3 is 0 Å². The molecule has 0 aliphatic carbocycles. The predicted octanol–water partition coefficient (Wildman–Crippen LogP) is 2.74. The number of anilines is 1. The Kier molecular flexibility index (Phi) is 9.84. The van der Waals surface area contributed by atoms with Crippen molar-refractivity contribution in [2.75, 3.05) is 38.6 Å². The number of amides is 1. The number of aliphatic imine (C=N–C) groups is 1. The Hall–Kier alpha value is -1.56. The summed E-state index contributed by atoms with van der Waals surface area (Å²) in [4.78, 5) is 18.1. The maximum absolute atomic E-state index is 13.6. The fraction of sp³-hybridized carbons (Fsp3) is 0.529. The van der Waals surface area contributed by atoms with Crippen LogP contribution in [0.2, 0.25) is 0 Å². The molecule has 10 heteroatoms. The van der Waals surface area contributed by atoms with Gasteiger partial charge in [-0.25, -0.2) is 13.2 Å². The summed E-state index contributed by atoms with van der Waals surface area (Å²) in [5.74, 6) is -4.42. The smallest absolute Gasteiger partial charge is 0.243 e. The SMILES string of the molecule is CCOC1CCN(C(=NC)NCC(=O)Nc2ccc(F)c(F)c2F)CC1.I. The molecule has 0 atom stereocenters. The van der Waals surface area contributed by atoms with Gasteiger partial charge in [-0.2, -0.15) is 0 Å². The standard InChI is InChI=1S/C17H23F3N4O2.HI/c1-3-26-11-6-8-24(9-7-11)17(21-2)22-10-14(25)23-13-5-4-12(18)15(19)16(13)20;/h4-5,11H,3,6-10H2,1-2H3,(H,21,22)(H,23,25);1H. The number of hydrogen-bond donors (Lipinski definition) is 2. The highest BCUT2D eigenvalue weighted by molar-refractivity contribution is 14.0. The van der Waals surface area contributed by atoms with Gasteiger partial charge in [0.1, 0.15) is 0 Å². The summed E-state index contributed by atoms with van der Waals surface area (Å²) in [6.07, 6.45) is 1.95. The number of guanidine groups is 1. The average molecular weight is 500 g/mol. The lowest BCUT2D eigenvalue weighted by atomic mass is 10.1. The first-order chi connectivity index (χ1) is 12.5. The molecule has 0 aromatic heterocycles. The Morgan fingerprint density at radius 2 is 1.93 bits per heavy atom. The van der Waals surface area contributed by atoms with Crippen LogP contribution in [-0.2, 0) is 9.53 Å². The molecule has 1 aliphatic heterocycles. The molecule has 0 saturated carbocycles. The van der Waals surface area contributed by atoms with Crippen LogP contribution in [0.25, 0.3) is 0 Å². The molecule has 2 rings (SSSR count). The molecule has 1 heterocycles. The molecule has 152 valence electrons. The first-order valence-electron chi connectivity index (χ1n) is 8.46. The van der Waals surface area contributed by atoms with Crippen molar-refractivity contribution in [3.63, 3.8) is 0 Å². The van der Waals surface area contributed by atoms with Crippen molar-refractivity contribution in [3.05, 3.63) is 29.6 Å². The summed E-state index contributed by atoms with van der Waals surface area (Å²) in [7, 11) is 1.60. The number of hydrogen-bond acceptors (Lipinski definition) is 3. The van der Waals surface area contributed by atoms with E-state index in [-0.39, 0.29) is 36.6 Å². The molecule has 0 bridgehead atoms. The third-order valence-electron chi connectivity index (χ3n) is 4.07. The Morgan fingerprint density at radius 3 is 2.52 bits per heavy atom. The van der Waals surface area contributed by atoms with Gasteiger partial charge in [0.05, 0.1) is 18.3 Å². The average Bonchev–Trinajstić information content (AvgIpc) is 2.64. The van der Waals surface area contributed by atoms with Crippen LogP contribution in [0.3, 0.4) is 0 Å². The van der Waals surface area contributed by atoms with E-state index in [2.05, 4.69) is 15.6 Å². The zero-order valence-corrected chi connectivity index (χ0v) is 17.6. The van der Waals surface area contributed by atoms with E-state index in [1.807, 2.05) is 11.8 Å². The number of nitrogens with zero attached hydrogens (tertiary/aromatic N) is 2. The van der Waals surface area contributed by atoms with Crippen LogP contribution < -0.4 is 10.6 Å². The van der Waals surface area contributed by atoms with Gasteiger partial charge in [-0.1, -0.05) is 0 Å². The van der Waals surface area contributed by atoms with Gasteiger partial charge in [-0.15, -0.1) is 24.0 Å². The minimum Gasteiger partial charge on any atom is -0.378 e. The lowest BCUT2D eigenvalue weighted by molar-refractivity contribution is -0.115. The number of carbonyl (C=O) groups is 1. The quantitative estimate of drug-likeness (QED) is 0.283. The van der Waals surface area contributed by atoms with E-state index in [0.717, 1.165) is 38.1 Å². The van der Waals surface area contributed by atoms with Crippen molar-refractivity contribution < 1.29 is 22.7 Å². The molecule has 2 N–H and O–H groups in total. The first kappa shape index (κ1) is 23.5. The van der Waals surface area contributed by atoms with Crippen molar-refractivity contribution in [1.29, 1.82) is 0 Å². The van der Waals surface area contributed by atoms with E-state index in [4.69, 9.17) is 4.74 Å². The molecule has 0 spiro atoms. The van der Waals surface area contributed by atoms with Crippen LogP contribution in [-0.4, -0.2) is 56.2 Å². The lowest BCUT2D eigenvalue weighted by Gasteiger charge is -2.33. The van der Waals surface area contributed by atoms with Crippen LogP contribution in [0, 0.1) is 17.5 Å². The summed E-state index contributed by atoms with van der Waals surface area (Å²) < 4.78 is 45.3. The Morgan fingerprint density at radius 1 is 1.26 bits per heavy atom. The van der Waals surface area contributed by atoms with Gasteiger partial charge in [0.15, 0.2) is 23.4 Å². The summed E-state index contributed by atoms with van der Waals surface area (Å²) in [5, 5.41) is 5.09. The number of nitrogens with one attached hydrogen (secondary N) is 2. The van der Waals surface area contributed by atoms with Gasteiger partial charge in [0.2, 0.25) is 5.91 Å². The number of likely N-dealkylation sites (tertiary alicyclic amines) is 1. The van der Waals surface area contributed by atoms with Crippen LogP contribution >= 0.6 is 24.0 Å². The van der Waals surface area contributed by atoms with Crippen molar-refractivity contribution in [2.24, 2.45) is 4.99 Å². The summed E-state index contributed by atoms with van der Waals surface area (Å²) in [6, 6.07) is 1.72. The van der Waals surface area contributed by atoms with Gasteiger partial charge in [0, 0.05) is 26.7 Å². The monoisotopic (exact) mass is 500 g/mol. The zero-order chi connectivity index (χ0) is 19.1. The second kappa shape index (κ2) is 11.3. The fourth-order valence-corrected chi connectivity index (χ4v) is 2.78. The van der Waals surface area contributed by atoms with Gasteiger partial charge in [-0.3, -0.25) is 9.79 Å². The Balaban J connectivity index is 0.00000364. The molecule has 0 radical (unpaired) electrons. The van der Waals surface area contributed by atoms with Gasteiger partial charge in [-0.05, 0) is 31.9 Å². The Bertz CT molecular complexity index is 668. The number of rotatable bonds is 5. The fourth-order valence-electron chi connectivity index (χ4n) is 2.78. The number of ether oxygens (including phenoxy) is 1. The second-order valence-corrected chi connectivity index (χ2v) is 5.81. The van der Waals surface area contributed by atoms with Crippen molar-refractivity contribution in [2.45, 2.75) is 25.9 Å². The Labute approximate surface area is 173 Å². The topological polar surface area (TPSA) is 66.0 Å². The molecule has 27 heavy (non-hydrogen) atoms. The molecule has 6 nitrogen and oxygen atoms in total. The van der Waals surface area contributed by atoms with E-state index in [0.29, 0.717) is 12.6 Å². The van der Waals surface area contributed by atoms with Crippen LogP contribution in [0.1, 0.15) is 19.8 Å². The van der Waals surface area contributed by atoms with Crippen LogP contribution in [0.5, 0.6) is 0 Å². The summed E-state index contributed by atoms with van der Waals surface area (Å²) >= 11 is 0. The second-order valence-electron chi connectivity index (χ2n) is 5.81. The zero-order valence-electron chi connectivity index (χ0n) is 15.2. The highest BCUT2D eigenvalue weighted by Gasteiger charge is 2.22. The molecule has 1 aliphatic rings. The van der Waals surface area contributed by atoms with Crippen molar-refractivity contribution >= 4 is 41.5 Å². The molecular formula is C17H24F3IN4O2. The minimum absolute atomic E-state index is 0. The minimum atomic E-state index is -1.62. The number of carbonyl (C=O) groups excluding carboxylic acids is 1. The number of piperidine rings is 1. The summed E-state index contributed by atoms with van der Waals surface area (Å²) in [6.45, 7) is 3.93. The van der Waals surface area contributed by atoms with E-state index in [9.17, 15) is 18.0 Å². The third-order valence-corrected chi connectivity index (χ3v) is 4.07. The van der Waals surface area contributed by atoms with E-state index >= 15 is 0 Å². The molecular weight excluding hydrogens is 476 g/mol. The third kappa shape index (κ3) is 6.52. The highest BCUT2D eigenvalue weighted by atomic mass is 127.